The van der Waals surface area contributed by atoms with Gasteiger partial charge in [-0.05, 0) is 0 Å². The minimum Gasteiger partial charge on any atom is -0.465 e. The lowest BCUT2D eigenvalue weighted by atomic mass is 10.3. The van der Waals surface area contributed by atoms with Crippen molar-refractivity contribution in [1.29, 1.82) is 0 Å². The number of hydrogen-bond donors (Lipinski definition) is 1. The monoisotopic (exact) mass is 250 g/mol. The highest BCUT2D eigenvalue weighted by molar-refractivity contribution is 8.79. The van der Waals surface area contributed by atoms with Crippen LogP contribution >= 0.6 is 34.0 Å². The Kier molecular flexibility index (Phi) is 3.91. The van der Waals surface area contributed by atoms with E-state index in [9.17, 15) is 4.79 Å². The van der Waals surface area contributed by atoms with Crippen molar-refractivity contribution in [1.82, 2.24) is 4.90 Å². The van der Waals surface area contributed by atoms with E-state index in [1.807, 2.05) is 10.8 Å². The standard InChI is InChI=1S/C7H6N2O2S2.ClH/c10-7(11)9-2-1-8-5-3-12-13-4-6(5)9;/h1,3-4H,2H2,(H,10,11);1H. The van der Waals surface area contributed by atoms with Crippen LogP contribution in [0.15, 0.2) is 27.2 Å². The maximum absolute atomic E-state index is 10.8. The van der Waals surface area contributed by atoms with Crippen LogP contribution in [0.2, 0.25) is 0 Å². The van der Waals surface area contributed by atoms with Crippen LogP contribution in [0.4, 0.5) is 4.79 Å². The van der Waals surface area contributed by atoms with E-state index in [0.29, 0.717) is 12.2 Å². The van der Waals surface area contributed by atoms with Crippen LogP contribution < -0.4 is 0 Å². The number of rotatable bonds is 0. The molecule has 2 rings (SSSR count). The van der Waals surface area contributed by atoms with Gasteiger partial charge < -0.3 is 5.11 Å². The van der Waals surface area contributed by atoms with Crippen LogP contribution in [0.5, 0.6) is 0 Å². The first-order chi connectivity index (χ1) is 6.29. The third kappa shape index (κ3) is 2.08. The van der Waals surface area contributed by atoms with Crippen molar-refractivity contribution in [3.63, 3.8) is 0 Å². The maximum atomic E-state index is 10.8. The molecule has 0 aromatic carbocycles. The zero-order valence-electron chi connectivity index (χ0n) is 6.91. The maximum Gasteiger partial charge on any atom is 0.412 e. The average molecular weight is 251 g/mol. The summed E-state index contributed by atoms with van der Waals surface area (Å²) in [7, 11) is 3.04. The van der Waals surface area contributed by atoms with Crippen molar-refractivity contribution in [3.05, 3.63) is 22.2 Å². The Hall–Kier alpha value is -0.590. The first-order valence-corrected chi connectivity index (χ1v) is 5.82. The molecular formula is C7H7ClN2O2S2. The van der Waals surface area contributed by atoms with Crippen LogP contribution in [0.3, 0.4) is 0 Å². The molecule has 0 unspecified atom stereocenters. The molecule has 2 aliphatic heterocycles. The molecule has 1 N–H and O–H groups in total. The molecule has 0 saturated carbocycles. The van der Waals surface area contributed by atoms with Crippen LogP contribution in [0.25, 0.3) is 0 Å². The molecule has 0 aromatic heterocycles. The van der Waals surface area contributed by atoms with Gasteiger partial charge in [0.1, 0.15) is 0 Å². The normalized spacial score (nSPS) is 19.0. The summed E-state index contributed by atoms with van der Waals surface area (Å²) in [4.78, 5) is 16.2. The molecule has 0 saturated heterocycles. The molecule has 2 heterocycles. The Bertz CT molecular complexity index is 341. The number of fused-ring (bicyclic) bond motifs is 1. The molecule has 0 radical (unpaired) electrons. The number of carbonyl (C=O) groups is 1. The van der Waals surface area contributed by atoms with Crippen molar-refractivity contribution in [2.45, 2.75) is 0 Å². The first-order valence-electron chi connectivity index (χ1n) is 3.55. The second-order valence-electron chi connectivity index (χ2n) is 2.40. The summed E-state index contributed by atoms with van der Waals surface area (Å²) in [6.07, 6.45) is 0.671. The van der Waals surface area contributed by atoms with Gasteiger partial charge in [0, 0.05) is 17.0 Å². The Morgan fingerprint density at radius 2 is 2.21 bits per heavy atom. The van der Waals surface area contributed by atoms with Gasteiger partial charge >= 0.3 is 6.09 Å². The second kappa shape index (κ2) is 4.77. The SMILES string of the molecule is Cl.O=C(O)N1CC=NC2=CSSC=C21. The smallest absolute Gasteiger partial charge is 0.412 e. The fourth-order valence-electron chi connectivity index (χ4n) is 1.07. The van der Waals surface area contributed by atoms with E-state index < -0.39 is 6.09 Å². The van der Waals surface area contributed by atoms with Crippen molar-refractivity contribution >= 4 is 46.3 Å². The molecule has 4 nitrogen and oxygen atoms in total. The van der Waals surface area contributed by atoms with Gasteiger partial charge in [-0.25, -0.2) is 4.79 Å². The summed E-state index contributed by atoms with van der Waals surface area (Å²) >= 11 is 0. The lowest BCUT2D eigenvalue weighted by Crippen LogP contribution is -2.33. The molecule has 0 atom stereocenters. The van der Waals surface area contributed by atoms with E-state index in [-0.39, 0.29) is 12.4 Å². The first kappa shape index (κ1) is 11.5. The quantitative estimate of drug-likeness (QED) is 0.672. The fraction of sp³-hybridized carbons (Fsp3) is 0.143. The molecule has 0 bridgehead atoms. The van der Waals surface area contributed by atoms with Crippen molar-refractivity contribution in [2.75, 3.05) is 6.54 Å². The lowest BCUT2D eigenvalue weighted by molar-refractivity contribution is 0.164. The number of aliphatic imine (C=N–C) groups is 1. The van der Waals surface area contributed by atoms with E-state index in [2.05, 4.69) is 4.99 Å². The van der Waals surface area contributed by atoms with E-state index >= 15 is 0 Å². The summed E-state index contributed by atoms with van der Waals surface area (Å²) in [5.41, 5.74) is 1.41. The summed E-state index contributed by atoms with van der Waals surface area (Å²) in [5.74, 6) is 0. The summed E-state index contributed by atoms with van der Waals surface area (Å²) in [5, 5.41) is 12.5. The molecule has 0 aliphatic carbocycles. The zero-order chi connectivity index (χ0) is 9.26. The number of carboxylic acid groups (broad SMARTS) is 1. The minimum atomic E-state index is -0.934. The lowest BCUT2D eigenvalue weighted by Gasteiger charge is -2.25. The van der Waals surface area contributed by atoms with Crippen molar-refractivity contribution in [2.24, 2.45) is 4.99 Å². The van der Waals surface area contributed by atoms with E-state index in [1.165, 1.54) is 26.5 Å². The molecule has 0 spiro atoms. The van der Waals surface area contributed by atoms with Crippen LogP contribution in [-0.4, -0.2) is 28.9 Å². The van der Waals surface area contributed by atoms with Gasteiger partial charge in [-0.2, -0.15) is 0 Å². The predicted octanol–water partition coefficient (Wildman–Crippen LogP) is 2.55. The van der Waals surface area contributed by atoms with Crippen LogP contribution in [0, 0.1) is 0 Å². The minimum absolute atomic E-state index is 0. The largest absolute Gasteiger partial charge is 0.465 e. The third-order valence-electron chi connectivity index (χ3n) is 1.65. The number of hydrogen-bond acceptors (Lipinski definition) is 4. The third-order valence-corrected chi connectivity index (χ3v) is 3.31. The number of halogens is 1. The zero-order valence-corrected chi connectivity index (χ0v) is 9.36. The topological polar surface area (TPSA) is 52.9 Å². The van der Waals surface area contributed by atoms with Gasteiger partial charge in [-0.3, -0.25) is 9.89 Å². The molecule has 14 heavy (non-hydrogen) atoms. The van der Waals surface area contributed by atoms with Crippen LogP contribution in [0.1, 0.15) is 0 Å². The van der Waals surface area contributed by atoms with E-state index in [0.717, 1.165) is 5.70 Å². The van der Waals surface area contributed by atoms with E-state index in [4.69, 9.17) is 5.11 Å². The summed E-state index contributed by atoms with van der Waals surface area (Å²) < 4.78 is 0. The van der Waals surface area contributed by atoms with Gasteiger partial charge in [0.2, 0.25) is 0 Å². The van der Waals surface area contributed by atoms with Gasteiger partial charge in [-0.15, -0.1) is 12.4 Å². The second-order valence-corrected chi connectivity index (χ2v) is 4.41. The molecular weight excluding hydrogens is 244 g/mol. The van der Waals surface area contributed by atoms with Gasteiger partial charge in [0.05, 0.1) is 17.9 Å². The Labute approximate surface area is 94.9 Å². The van der Waals surface area contributed by atoms with Gasteiger partial charge in [-0.1, -0.05) is 21.6 Å². The van der Waals surface area contributed by atoms with Crippen molar-refractivity contribution < 1.29 is 9.90 Å². The number of nitrogens with zero attached hydrogens (tertiary/aromatic N) is 2. The Morgan fingerprint density at radius 1 is 1.50 bits per heavy atom. The van der Waals surface area contributed by atoms with E-state index in [1.54, 1.807) is 6.21 Å². The van der Waals surface area contributed by atoms with Gasteiger partial charge in [0.25, 0.3) is 0 Å². The average Bonchev–Trinajstić information content (AvgIpc) is 2.17. The highest BCUT2D eigenvalue weighted by Crippen LogP contribution is 2.37. The molecule has 1 amide bonds. The number of amides is 1. The van der Waals surface area contributed by atoms with Gasteiger partial charge in [0.15, 0.2) is 0 Å². The molecule has 76 valence electrons. The Morgan fingerprint density at radius 3 is 2.93 bits per heavy atom. The van der Waals surface area contributed by atoms with Crippen LogP contribution in [-0.2, 0) is 0 Å². The molecule has 0 fully saturated rings. The highest BCUT2D eigenvalue weighted by Gasteiger charge is 2.23. The molecule has 2 aliphatic rings. The van der Waals surface area contributed by atoms with Crippen molar-refractivity contribution in [3.8, 4) is 0 Å². The summed E-state index contributed by atoms with van der Waals surface area (Å²) in [6.45, 7) is 0.337. The Balaban J connectivity index is 0.000000980. The predicted molar refractivity (Wildman–Crippen MR) is 61.8 cm³/mol. The molecule has 0 aromatic rings. The molecule has 7 heteroatoms. The fourth-order valence-corrected chi connectivity index (χ4v) is 2.67. The summed E-state index contributed by atoms with van der Waals surface area (Å²) in [6, 6.07) is 0. The highest BCUT2D eigenvalue weighted by atomic mass is 35.5.